The van der Waals surface area contributed by atoms with Crippen LogP contribution >= 0.6 is 27.7 Å². The van der Waals surface area contributed by atoms with Gasteiger partial charge < -0.3 is 9.47 Å². The minimum absolute atomic E-state index is 0.531. The predicted molar refractivity (Wildman–Crippen MR) is 196 cm³/mol. The number of rotatable bonds is 14. The van der Waals surface area contributed by atoms with Crippen molar-refractivity contribution in [2.24, 2.45) is 0 Å². The van der Waals surface area contributed by atoms with Gasteiger partial charge in [0, 0.05) is 56.1 Å². The van der Waals surface area contributed by atoms with Crippen molar-refractivity contribution in [3.63, 3.8) is 0 Å². The van der Waals surface area contributed by atoms with Crippen molar-refractivity contribution in [1.29, 1.82) is 0 Å². The van der Waals surface area contributed by atoms with Gasteiger partial charge in [-0.05, 0) is 47.5 Å². The topological polar surface area (TPSA) is 54.1 Å². The summed E-state index contributed by atoms with van der Waals surface area (Å²) in [5.74, 6) is 0.948. The van der Waals surface area contributed by atoms with E-state index in [0.717, 1.165) is 35.3 Å². The monoisotopic (exact) mass is 710 g/mol. The molecule has 6 nitrogen and oxygen atoms in total. The van der Waals surface area contributed by atoms with E-state index in [0.29, 0.717) is 13.5 Å². The van der Waals surface area contributed by atoms with Crippen molar-refractivity contribution < 1.29 is 9.47 Å². The van der Waals surface area contributed by atoms with E-state index in [1.54, 1.807) is 0 Å². The number of hydrogen-bond acceptors (Lipinski definition) is 5. The van der Waals surface area contributed by atoms with E-state index in [4.69, 9.17) is 9.47 Å². The van der Waals surface area contributed by atoms with Crippen LogP contribution in [0, 0.1) is 0 Å². The smallest absolute Gasteiger partial charge is 0.139 e. The Labute approximate surface area is 277 Å². The van der Waals surface area contributed by atoms with Crippen LogP contribution in [-0.4, -0.2) is 48.9 Å². The number of hydrogen-bond donors (Lipinski definition) is 0. The second-order valence-corrected chi connectivity index (χ2v) is 26.3. The summed E-state index contributed by atoms with van der Waals surface area (Å²) >= 11 is 5.37. The Hall–Kier alpha value is -2.22. The molecule has 0 atom stereocenters. The fourth-order valence-corrected chi connectivity index (χ4v) is 7.44. The minimum Gasteiger partial charge on any atom is -0.360 e. The Morgan fingerprint density at radius 3 is 1.66 bits per heavy atom. The molecule has 0 aliphatic carbocycles. The summed E-state index contributed by atoms with van der Waals surface area (Å²) in [7, 11) is -2.05. The molecule has 0 bridgehead atoms. The molecule has 0 unspecified atom stereocenters. The van der Waals surface area contributed by atoms with Gasteiger partial charge in [-0.2, -0.15) is 10.2 Å². The lowest BCUT2D eigenvalue weighted by atomic mass is 10.1. The fourth-order valence-electron chi connectivity index (χ4n) is 4.51. The van der Waals surface area contributed by atoms with Crippen LogP contribution in [0.1, 0.15) is 11.1 Å². The summed E-state index contributed by atoms with van der Waals surface area (Å²) in [4.78, 5) is 1.29. The van der Waals surface area contributed by atoms with E-state index in [2.05, 4.69) is 132 Å². The van der Waals surface area contributed by atoms with E-state index in [1.165, 1.54) is 38.9 Å². The molecule has 0 amide bonds. The molecule has 0 saturated heterocycles. The molecule has 0 aliphatic heterocycles. The zero-order valence-corrected chi connectivity index (χ0v) is 31.5. The van der Waals surface area contributed by atoms with E-state index in [1.807, 2.05) is 33.5 Å². The first-order chi connectivity index (χ1) is 21.0. The summed E-state index contributed by atoms with van der Waals surface area (Å²) in [6, 6.07) is 25.6. The maximum Gasteiger partial charge on any atom is 0.139 e. The third-order valence-electron chi connectivity index (χ3n) is 7.26. The Morgan fingerprint density at radius 1 is 0.659 bits per heavy atom. The van der Waals surface area contributed by atoms with Crippen molar-refractivity contribution in [3.05, 3.63) is 90.3 Å². The number of ether oxygens (including phenoxy) is 2. The molecule has 0 radical (unpaired) electrons. The number of halogens is 1. The molecule has 0 aliphatic rings. The summed E-state index contributed by atoms with van der Waals surface area (Å²) < 4.78 is 15.5. The highest BCUT2D eigenvalue weighted by atomic mass is 79.9. The summed E-state index contributed by atoms with van der Waals surface area (Å²) in [5.41, 5.74) is 4.88. The Morgan fingerprint density at radius 2 is 1.16 bits per heavy atom. The highest BCUT2D eigenvalue weighted by Crippen LogP contribution is 2.27. The molecule has 2 heterocycles. The quantitative estimate of drug-likeness (QED) is 0.0497. The standard InChI is InChI=1S/C20H26N2OSSi.C14H21BrN2OSi/c1-25(2,3)13-12-23-16-22-20-11-7-8-17(19(20)14-21-22)15-24-18-9-5-4-6-10-18;1-19(2,3)8-7-18-11-17-14-6-4-5-12(9-15)13(14)10-16-17/h4-11,14H,12-13,15-16H2,1-3H3;4-6,10H,7-9,11H2,1-3H3. The fraction of sp³-hybridized carbons (Fsp3) is 0.412. The Kier molecular flexibility index (Phi) is 12.9. The zero-order chi connectivity index (χ0) is 31.6. The lowest BCUT2D eigenvalue weighted by molar-refractivity contribution is 0.0816. The summed E-state index contributed by atoms with van der Waals surface area (Å²) in [6.07, 6.45) is 3.89. The van der Waals surface area contributed by atoms with Crippen molar-refractivity contribution in [2.75, 3.05) is 13.2 Å². The first-order valence-corrected chi connectivity index (χ1v) is 24.8. The first-order valence-electron chi connectivity index (χ1n) is 15.3. The first kappa shape index (κ1) is 34.7. The molecule has 10 heteroatoms. The highest BCUT2D eigenvalue weighted by molar-refractivity contribution is 9.08. The van der Waals surface area contributed by atoms with Gasteiger partial charge in [-0.3, -0.25) is 0 Å². The summed E-state index contributed by atoms with van der Waals surface area (Å²) in [5, 5.41) is 12.2. The second-order valence-electron chi connectivity index (χ2n) is 13.4. The van der Waals surface area contributed by atoms with E-state index in [-0.39, 0.29) is 0 Å². The lowest BCUT2D eigenvalue weighted by Gasteiger charge is -2.15. The number of nitrogens with zero attached hydrogens (tertiary/aromatic N) is 4. The van der Waals surface area contributed by atoms with Gasteiger partial charge in [-0.25, -0.2) is 9.36 Å². The van der Waals surface area contributed by atoms with Crippen molar-refractivity contribution >= 4 is 65.6 Å². The van der Waals surface area contributed by atoms with Gasteiger partial charge in [-0.1, -0.05) is 97.7 Å². The van der Waals surface area contributed by atoms with E-state index >= 15 is 0 Å². The third kappa shape index (κ3) is 10.7. The van der Waals surface area contributed by atoms with Crippen LogP contribution in [0.25, 0.3) is 21.8 Å². The molecule has 0 saturated carbocycles. The lowest BCUT2D eigenvalue weighted by Crippen LogP contribution is -2.22. The minimum atomic E-state index is -1.04. The van der Waals surface area contributed by atoms with Gasteiger partial charge in [-0.15, -0.1) is 11.8 Å². The normalized spacial score (nSPS) is 12.1. The largest absolute Gasteiger partial charge is 0.360 e. The van der Waals surface area contributed by atoms with Crippen LogP contribution in [0.3, 0.4) is 0 Å². The molecule has 5 aromatic rings. The number of alkyl halides is 1. The maximum absolute atomic E-state index is 5.86. The van der Waals surface area contributed by atoms with Crippen LogP contribution < -0.4 is 0 Å². The van der Waals surface area contributed by atoms with E-state index in [9.17, 15) is 0 Å². The van der Waals surface area contributed by atoms with Gasteiger partial charge in [0.1, 0.15) is 13.5 Å². The Bertz CT molecular complexity index is 1600. The molecule has 0 N–H and O–H groups in total. The molecule has 236 valence electrons. The number of aromatic nitrogens is 4. The van der Waals surface area contributed by atoms with Gasteiger partial charge in [0.15, 0.2) is 0 Å². The van der Waals surface area contributed by atoms with Crippen LogP contribution in [0.2, 0.25) is 51.4 Å². The van der Waals surface area contributed by atoms with Crippen molar-refractivity contribution in [1.82, 2.24) is 19.6 Å². The molecule has 5 rings (SSSR count). The van der Waals surface area contributed by atoms with Gasteiger partial charge in [0.25, 0.3) is 0 Å². The van der Waals surface area contributed by atoms with E-state index < -0.39 is 16.1 Å². The second kappa shape index (κ2) is 16.4. The molecule has 3 aromatic carbocycles. The molecular weight excluding hydrogens is 665 g/mol. The van der Waals surface area contributed by atoms with Crippen LogP contribution in [0.15, 0.2) is 84.0 Å². The average Bonchev–Trinajstić information content (AvgIpc) is 3.61. The van der Waals surface area contributed by atoms with Crippen molar-refractivity contribution in [2.45, 2.75) is 80.8 Å². The van der Waals surface area contributed by atoms with Crippen LogP contribution in [0.4, 0.5) is 0 Å². The predicted octanol–water partition coefficient (Wildman–Crippen LogP) is 9.88. The van der Waals surface area contributed by atoms with Crippen LogP contribution in [-0.2, 0) is 34.0 Å². The molecule has 44 heavy (non-hydrogen) atoms. The van der Waals surface area contributed by atoms with Crippen molar-refractivity contribution in [3.8, 4) is 0 Å². The summed E-state index contributed by atoms with van der Waals surface area (Å²) in [6.45, 7) is 16.9. The Balaban J connectivity index is 0.000000209. The number of fused-ring (bicyclic) bond motifs is 2. The van der Waals surface area contributed by atoms with Crippen LogP contribution in [0.5, 0.6) is 0 Å². The zero-order valence-electron chi connectivity index (χ0n) is 27.1. The van der Waals surface area contributed by atoms with Gasteiger partial charge in [0.05, 0.1) is 23.4 Å². The SMILES string of the molecule is C[Si](C)(C)CCOCn1ncc2c(CBr)cccc21.C[Si](C)(C)CCOCn1ncc2c(CSc3ccccc3)cccc21. The van der Waals surface area contributed by atoms with Gasteiger partial charge in [0.2, 0.25) is 0 Å². The molecule has 0 fully saturated rings. The molecular formula is C34H47BrN4O2SSi2. The highest BCUT2D eigenvalue weighted by Gasteiger charge is 2.14. The third-order valence-corrected chi connectivity index (χ3v) is 12.3. The number of benzene rings is 3. The molecule has 2 aromatic heterocycles. The molecule has 0 spiro atoms. The number of thioether (sulfide) groups is 1. The van der Waals surface area contributed by atoms with Gasteiger partial charge >= 0.3 is 0 Å². The average molecular weight is 712 g/mol. The maximum atomic E-state index is 5.86.